The minimum Gasteiger partial charge on any atom is -0.478 e. The molecule has 2 heterocycles. The molecular weight excluding hydrogens is 459 g/mol. The summed E-state index contributed by atoms with van der Waals surface area (Å²) in [5.74, 6) is 6.57. The first-order chi connectivity index (χ1) is 15.7. The molecule has 1 fully saturated rings. The lowest BCUT2D eigenvalue weighted by molar-refractivity contribution is -0.115. The molecule has 0 amide bonds. The first-order valence-electron chi connectivity index (χ1n) is 10.6. The van der Waals surface area contributed by atoms with E-state index < -0.39 is 12.7 Å². The van der Waals surface area contributed by atoms with Crippen LogP contribution in [0, 0.1) is 24.7 Å². The van der Waals surface area contributed by atoms with E-state index in [0.717, 1.165) is 12.8 Å². The monoisotopic (exact) mass is 483 g/mol. The van der Waals surface area contributed by atoms with Gasteiger partial charge in [0.15, 0.2) is 5.15 Å². The number of alkyl halides is 3. The van der Waals surface area contributed by atoms with Gasteiger partial charge in [-0.15, -0.1) is 0 Å². The summed E-state index contributed by atoms with van der Waals surface area (Å²) < 4.78 is 43.3. The van der Waals surface area contributed by atoms with Crippen LogP contribution in [-0.2, 0) is 0 Å². The second-order valence-corrected chi connectivity index (χ2v) is 8.06. The van der Waals surface area contributed by atoms with Gasteiger partial charge in [0.25, 0.3) is 0 Å². The highest BCUT2D eigenvalue weighted by molar-refractivity contribution is 6.31. The Morgan fingerprint density at radius 1 is 1.21 bits per heavy atom. The Bertz CT molecular complexity index is 1040. The molecule has 3 rings (SSSR count). The average Bonchev–Trinajstić information content (AvgIpc) is 3.20. The molecule has 1 aliphatic rings. The maximum absolute atomic E-state index is 12.6. The van der Waals surface area contributed by atoms with E-state index in [2.05, 4.69) is 37.4 Å². The fourth-order valence-electron chi connectivity index (χ4n) is 3.50. The second kappa shape index (κ2) is 10.9. The van der Waals surface area contributed by atoms with E-state index in [4.69, 9.17) is 16.3 Å². The van der Waals surface area contributed by atoms with Crippen LogP contribution in [0.3, 0.4) is 0 Å². The van der Waals surface area contributed by atoms with E-state index in [1.807, 2.05) is 6.92 Å². The number of pyridine rings is 1. The van der Waals surface area contributed by atoms with Crippen molar-refractivity contribution in [3.63, 3.8) is 0 Å². The van der Waals surface area contributed by atoms with E-state index in [0.29, 0.717) is 30.2 Å². The topological polar surface area (TPSA) is 92.2 Å². The van der Waals surface area contributed by atoms with Crippen LogP contribution in [0.15, 0.2) is 12.1 Å². The zero-order chi connectivity index (χ0) is 24.0. The fourth-order valence-corrected chi connectivity index (χ4v) is 3.72. The van der Waals surface area contributed by atoms with E-state index in [1.165, 1.54) is 0 Å². The van der Waals surface area contributed by atoms with Crippen LogP contribution in [0.1, 0.15) is 43.0 Å². The number of aryl methyl sites for hydroxylation is 1. The number of aliphatic hydroxyl groups excluding tert-OH is 1. The third kappa shape index (κ3) is 7.11. The number of halogens is 4. The first kappa shape index (κ1) is 24.9. The number of anilines is 2. The van der Waals surface area contributed by atoms with Crippen molar-refractivity contribution < 1.29 is 23.0 Å². The van der Waals surface area contributed by atoms with Crippen LogP contribution in [0.2, 0.25) is 5.15 Å². The molecule has 0 aromatic carbocycles. The second-order valence-electron chi connectivity index (χ2n) is 7.70. The van der Waals surface area contributed by atoms with Gasteiger partial charge in [-0.1, -0.05) is 23.4 Å². The van der Waals surface area contributed by atoms with E-state index in [9.17, 15) is 18.3 Å². The Balaban J connectivity index is 1.92. The van der Waals surface area contributed by atoms with Crippen LogP contribution in [0.25, 0.3) is 0 Å². The minimum atomic E-state index is -4.43. The normalized spacial score (nSPS) is 17.9. The van der Waals surface area contributed by atoms with Gasteiger partial charge in [0.05, 0.1) is 12.3 Å². The van der Waals surface area contributed by atoms with E-state index >= 15 is 0 Å². The number of nitrogens with one attached hydrogen (secondary N) is 2. The van der Waals surface area contributed by atoms with Crippen LogP contribution in [-0.4, -0.2) is 52.0 Å². The number of hydrogen-bond donors (Lipinski definition) is 3. The van der Waals surface area contributed by atoms with Crippen molar-refractivity contribution in [2.45, 2.75) is 45.3 Å². The SMILES string of the molecule is CCOc1ccc(C#Cc2c(Cl)nc(NCC(F)(F)F)nc2NC2CCC(CO)C2)c(C)n1. The summed E-state index contributed by atoms with van der Waals surface area (Å²) in [4.78, 5) is 12.5. The zero-order valence-corrected chi connectivity index (χ0v) is 19.0. The molecular formula is C22H25ClF3N5O2. The van der Waals surface area contributed by atoms with E-state index in [-0.39, 0.29) is 41.0 Å². The van der Waals surface area contributed by atoms with Gasteiger partial charge in [-0.2, -0.15) is 23.1 Å². The number of aliphatic hydroxyl groups is 1. The number of nitrogens with zero attached hydrogens (tertiary/aromatic N) is 3. The maximum Gasteiger partial charge on any atom is 0.405 e. The molecule has 2 atom stereocenters. The summed E-state index contributed by atoms with van der Waals surface area (Å²) in [6.07, 6.45) is -2.10. The van der Waals surface area contributed by atoms with Gasteiger partial charge in [-0.3, -0.25) is 0 Å². The molecule has 7 nitrogen and oxygen atoms in total. The van der Waals surface area contributed by atoms with Gasteiger partial charge in [0.2, 0.25) is 11.8 Å². The average molecular weight is 484 g/mol. The predicted octanol–water partition coefficient (Wildman–Crippen LogP) is 4.18. The van der Waals surface area contributed by atoms with Crippen molar-refractivity contribution in [2.75, 3.05) is 30.4 Å². The smallest absolute Gasteiger partial charge is 0.405 e. The molecule has 0 aliphatic heterocycles. The van der Waals surface area contributed by atoms with Gasteiger partial charge in [-0.05, 0) is 45.1 Å². The summed E-state index contributed by atoms with van der Waals surface area (Å²) in [6.45, 7) is 2.94. The summed E-state index contributed by atoms with van der Waals surface area (Å²) >= 11 is 6.31. The van der Waals surface area contributed by atoms with Gasteiger partial charge in [0.1, 0.15) is 17.9 Å². The Morgan fingerprint density at radius 2 is 2.00 bits per heavy atom. The Morgan fingerprint density at radius 3 is 2.64 bits per heavy atom. The summed E-state index contributed by atoms with van der Waals surface area (Å²) in [6, 6.07) is 3.46. The molecule has 3 N–H and O–H groups in total. The molecule has 0 spiro atoms. The standard InChI is InChI=1S/C22H25ClF3N5O2/c1-3-33-18-9-6-15(13(2)28-18)5-8-17-19(23)30-21(27-12-22(24,25)26)31-20(17)29-16-7-4-14(10-16)11-32/h6,9,14,16,32H,3-4,7,10-12H2,1-2H3,(H2,27,29,30,31). The third-order valence-electron chi connectivity index (χ3n) is 5.13. The number of rotatable bonds is 7. The molecule has 11 heteroatoms. The molecule has 2 aromatic rings. The molecule has 1 saturated carbocycles. The molecule has 2 aromatic heterocycles. The van der Waals surface area contributed by atoms with Crippen molar-refractivity contribution >= 4 is 23.4 Å². The Kier molecular flexibility index (Phi) is 8.21. The first-order valence-corrected chi connectivity index (χ1v) is 10.9. The Hall–Kier alpha value is -2.77. The van der Waals surface area contributed by atoms with Crippen LogP contribution >= 0.6 is 11.6 Å². The third-order valence-corrected chi connectivity index (χ3v) is 5.40. The molecule has 33 heavy (non-hydrogen) atoms. The molecule has 0 radical (unpaired) electrons. The predicted molar refractivity (Wildman–Crippen MR) is 120 cm³/mol. The Labute approximate surface area is 195 Å². The lowest BCUT2D eigenvalue weighted by atomic mass is 10.1. The molecule has 0 bridgehead atoms. The van der Waals surface area contributed by atoms with Crippen LogP contribution in [0.5, 0.6) is 5.88 Å². The van der Waals surface area contributed by atoms with Crippen molar-refractivity contribution in [1.29, 1.82) is 0 Å². The van der Waals surface area contributed by atoms with E-state index in [1.54, 1.807) is 19.1 Å². The number of hydrogen-bond acceptors (Lipinski definition) is 7. The maximum atomic E-state index is 12.6. The molecule has 2 unspecified atom stereocenters. The minimum absolute atomic E-state index is 0.0157. The highest BCUT2D eigenvalue weighted by Crippen LogP contribution is 2.30. The zero-order valence-electron chi connectivity index (χ0n) is 18.3. The largest absolute Gasteiger partial charge is 0.478 e. The highest BCUT2D eigenvalue weighted by atomic mass is 35.5. The number of aromatic nitrogens is 3. The quantitative estimate of drug-likeness (QED) is 0.402. The van der Waals surface area contributed by atoms with Gasteiger partial charge in [-0.25, -0.2) is 4.98 Å². The van der Waals surface area contributed by atoms with Crippen molar-refractivity contribution in [3.8, 4) is 17.7 Å². The molecule has 1 aliphatic carbocycles. The van der Waals surface area contributed by atoms with Crippen molar-refractivity contribution in [2.24, 2.45) is 5.92 Å². The van der Waals surface area contributed by atoms with Crippen LogP contribution < -0.4 is 15.4 Å². The highest BCUT2D eigenvalue weighted by Gasteiger charge is 2.28. The fraction of sp³-hybridized carbons (Fsp3) is 0.500. The van der Waals surface area contributed by atoms with Crippen LogP contribution in [0.4, 0.5) is 24.9 Å². The van der Waals surface area contributed by atoms with Gasteiger partial charge in [0, 0.05) is 24.3 Å². The van der Waals surface area contributed by atoms with Crippen molar-refractivity contribution in [3.05, 3.63) is 34.1 Å². The van der Waals surface area contributed by atoms with Gasteiger partial charge >= 0.3 is 6.18 Å². The molecule has 0 saturated heterocycles. The number of ether oxygens (including phenoxy) is 1. The lowest BCUT2D eigenvalue weighted by Crippen LogP contribution is -2.23. The summed E-state index contributed by atoms with van der Waals surface area (Å²) in [7, 11) is 0. The summed E-state index contributed by atoms with van der Waals surface area (Å²) in [5, 5.41) is 14.7. The lowest BCUT2D eigenvalue weighted by Gasteiger charge is -2.17. The summed E-state index contributed by atoms with van der Waals surface area (Å²) in [5.41, 5.74) is 1.57. The van der Waals surface area contributed by atoms with Crippen molar-refractivity contribution in [1.82, 2.24) is 15.0 Å². The van der Waals surface area contributed by atoms with Gasteiger partial charge < -0.3 is 20.5 Å². The molecule has 178 valence electrons.